The highest BCUT2D eigenvalue weighted by molar-refractivity contribution is 7.89. The molecule has 0 saturated heterocycles. The zero-order valence-corrected chi connectivity index (χ0v) is 12.3. The fourth-order valence-electron chi connectivity index (χ4n) is 1.79. The molecule has 108 valence electrons. The van der Waals surface area contributed by atoms with Crippen molar-refractivity contribution in [3.63, 3.8) is 0 Å². The van der Waals surface area contributed by atoms with Gasteiger partial charge in [0, 0.05) is 18.0 Å². The van der Waals surface area contributed by atoms with Gasteiger partial charge in [0.05, 0.1) is 4.90 Å². The predicted molar refractivity (Wildman–Crippen MR) is 77.5 cm³/mol. The van der Waals surface area contributed by atoms with Crippen LogP contribution in [0.25, 0.3) is 0 Å². The van der Waals surface area contributed by atoms with Gasteiger partial charge >= 0.3 is 0 Å². The molecule has 0 atom stereocenters. The minimum absolute atomic E-state index is 0.0431. The molecule has 0 spiro atoms. The van der Waals surface area contributed by atoms with Crippen LogP contribution < -0.4 is 10.5 Å². The van der Waals surface area contributed by atoms with E-state index in [9.17, 15) is 12.8 Å². The Labute approximate surface area is 121 Å². The molecular weight excluding hydrogens is 299 g/mol. The molecule has 1 aromatic heterocycles. The fraction of sp³-hybridized carbons (Fsp3) is 0.231. The second-order valence-corrected chi connectivity index (χ2v) is 6.95. The fourth-order valence-corrected chi connectivity index (χ4v) is 3.79. The molecule has 3 N–H and O–H groups in total. The average Bonchev–Trinajstić information content (AvgIpc) is 2.91. The molecular formula is C13H15FN2O2S2. The number of thiophene rings is 1. The normalized spacial score (nSPS) is 11.7. The van der Waals surface area contributed by atoms with Crippen LogP contribution in [0.1, 0.15) is 10.4 Å². The van der Waals surface area contributed by atoms with Crippen LogP contribution in [0, 0.1) is 5.82 Å². The van der Waals surface area contributed by atoms with E-state index in [1.54, 1.807) is 11.3 Å². The quantitative estimate of drug-likeness (QED) is 0.855. The first kappa shape index (κ1) is 15.1. The molecule has 0 saturated carbocycles. The summed E-state index contributed by atoms with van der Waals surface area (Å²) >= 11 is 1.56. The lowest BCUT2D eigenvalue weighted by molar-refractivity contribution is 0.576. The van der Waals surface area contributed by atoms with Crippen molar-refractivity contribution in [2.45, 2.75) is 17.9 Å². The Morgan fingerprint density at radius 1 is 1.30 bits per heavy atom. The molecule has 20 heavy (non-hydrogen) atoms. The predicted octanol–water partition coefficient (Wildman–Crippen LogP) is 1.87. The summed E-state index contributed by atoms with van der Waals surface area (Å²) in [6, 6.07) is 7.44. The van der Waals surface area contributed by atoms with Crippen LogP contribution >= 0.6 is 11.3 Å². The van der Waals surface area contributed by atoms with Crippen LogP contribution in [-0.4, -0.2) is 15.0 Å². The summed E-state index contributed by atoms with van der Waals surface area (Å²) in [6.45, 7) is 0.310. The van der Waals surface area contributed by atoms with E-state index in [1.165, 1.54) is 12.1 Å². The minimum atomic E-state index is -3.74. The van der Waals surface area contributed by atoms with E-state index < -0.39 is 15.8 Å². The van der Waals surface area contributed by atoms with E-state index in [0.29, 0.717) is 12.0 Å². The molecule has 0 aliphatic heterocycles. The van der Waals surface area contributed by atoms with Crippen LogP contribution in [0.5, 0.6) is 0 Å². The molecule has 0 fully saturated rings. The highest BCUT2D eigenvalue weighted by atomic mass is 32.2. The van der Waals surface area contributed by atoms with Gasteiger partial charge in [-0.2, -0.15) is 0 Å². The second kappa shape index (κ2) is 6.45. The zero-order chi connectivity index (χ0) is 14.6. The number of hydrogen-bond acceptors (Lipinski definition) is 4. The van der Waals surface area contributed by atoms with Crippen molar-refractivity contribution >= 4 is 21.4 Å². The van der Waals surface area contributed by atoms with Crippen molar-refractivity contribution in [2.75, 3.05) is 6.54 Å². The molecule has 0 aliphatic rings. The summed E-state index contributed by atoms with van der Waals surface area (Å²) in [4.78, 5) is 0.997. The topological polar surface area (TPSA) is 72.2 Å². The van der Waals surface area contributed by atoms with E-state index in [0.717, 1.165) is 10.9 Å². The molecule has 0 amide bonds. The molecule has 2 rings (SSSR count). The largest absolute Gasteiger partial charge is 0.326 e. The molecule has 1 heterocycles. The van der Waals surface area contributed by atoms with E-state index in [4.69, 9.17) is 5.73 Å². The highest BCUT2D eigenvalue weighted by Crippen LogP contribution is 2.17. The van der Waals surface area contributed by atoms with Crippen LogP contribution in [0.3, 0.4) is 0 Å². The second-order valence-electron chi connectivity index (χ2n) is 4.18. The maximum absolute atomic E-state index is 13.2. The van der Waals surface area contributed by atoms with Gasteiger partial charge in [-0.05, 0) is 35.6 Å². The van der Waals surface area contributed by atoms with Gasteiger partial charge in [0.25, 0.3) is 0 Å². The van der Waals surface area contributed by atoms with Crippen LogP contribution in [-0.2, 0) is 23.0 Å². The van der Waals surface area contributed by atoms with Crippen molar-refractivity contribution in [2.24, 2.45) is 5.73 Å². The standard InChI is InChI=1S/C13H15FN2O2S2/c14-11-4-3-10(9-15)13(8-11)20(17,18)16-6-5-12-2-1-7-19-12/h1-4,7-8,16H,5-6,9,15H2. The Balaban J connectivity index is 2.11. The number of nitrogens with one attached hydrogen (secondary N) is 1. The Morgan fingerprint density at radius 2 is 2.10 bits per heavy atom. The van der Waals surface area contributed by atoms with Gasteiger partial charge in [-0.15, -0.1) is 11.3 Å². The molecule has 0 bridgehead atoms. The Kier molecular flexibility index (Phi) is 4.87. The zero-order valence-electron chi connectivity index (χ0n) is 10.7. The molecule has 4 nitrogen and oxygen atoms in total. The van der Waals surface area contributed by atoms with Crippen LogP contribution in [0.4, 0.5) is 4.39 Å². The highest BCUT2D eigenvalue weighted by Gasteiger charge is 2.18. The molecule has 1 aromatic carbocycles. The smallest absolute Gasteiger partial charge is 0.241 e. The molecule has 0 aliphatic carbocycles. The third kappa shape index (κ3) is 3.63. The first-order valence-corrected chi connectivity index (χ1v) is 8.40. The lowest BCUT2D eigenvalue weighted by atomic mass is 10.2. The summed E-state index contributed by atoms with van der Waals surface area (Å²) in [7, 11) is -3.74. The third-order valence-electron chi connectivity index (χ3n) is 2.78. The minimum Gasteiger partial charge on any atom is -0.326 e. The monoisotopic (exact) mass is 314 g/mol. The average molecular weight is 314 g/mol. The first-order valence-electron chi connectivity index (χ1n) is 6.03. The summed E-state index contributed by atoms with van der Waals surface area (Å²) in [6.07, 6.45) is 0.601. The molecule has 7 heteroatoms. The van der Waals surface area contributed by atoms with E-state index >= 15 is 0 Å². The maximum Gasteiger partial charge on any atom is 0.241 e. The van der Waals surface area contributed by atoms with Gasteiger partial charge < -0.3 is 5.73 Å². The third-order valence-corrected chi connectivity index (χ3v) is 5.26. The van der Waals surface area contributed by atoms with Gasteiger partial charge in [-0.25, -0.2) is 17.5 Å². The maximum atomic E-state index is 13.2. The van der Waals surface area contributed by atoms with Gasteiger partial charge in [-0.3, -0.25) is 0 Å². The van der Waals surface area contributed by atoms with Gasteiger partial charge in [0.15, 0.2) is 0 Å². The lowest BCUT2D eigenvalue weighted by Crippen LogP contribution is -2.27. The van der Waals surface area contributed by atoms with E-state index in [-0.39, 0.29) is 18.0 Å². The number of nitrogens with two attached hydrogens (primary N) is 1. The summed E-state index contributed by atoms with van der Waals surface area (Å²) < 4.78 is 40.0. The first-order chi connectivity index (χ1) is 9.53. The molecule has 2 aromatic rings. The number of rotatable bonds is 6. The van der Waals surface area contributed by atoms with Crippen LogP contribution in [0.2, 0.25) is 0 Å². The van der Waals surface area contributed by atoms with Gasteiger partial charge in [-0.1, -0.05) is 12.1 Å². The summed E-state index contributed by atoms with van der Waals surface area (Å²) in [5.74, 6) is -0.596. The summed E-state index contributed by atoms with van der Waals surface area (Å²) in [5, 5.41) is 1.93. The Morgan fingerprint density at radius 3 is 2.75 bits per heavy atom. The van der Waals surface area contributed by atoms with Crippen molar-refractivity contribution in [1.82, 2.24) is 4.72 Å². The van der Waals surface area contributed by atoms with Crippen molar-refractivity contribution in [3.8, 4) is 0 Å². The molecule has 0 radical (unpaired) electrons. The van der Waals surface area contributed by atoms with Crippen molar-refractivity contribution < 1.29 is 12.8 Å². The Bertz CT molecular complexity index is 670. The number of sulfonamides is 1. The summed E-state index contributed by atoms with van der Waals surface area (Å²) in [5.41, 5.74) is 5.89. The number of benzene rings is 1. The SMILES string of the molecule is NCc1ccc(F)cc1S(=O)(=O)NCCc1cccs1. The van der Waals surface area contributed by atoms with Gasteiger partial charge in [0.2, 0.25) is 10.0 Å². The van der Waals surface area contributed by atoms with Gasteiger partial charge in [0.1, 0.15) is 5.82 Å². The van der Waals surface area contributed by atoms with E-state index in [1.807, 2.05) is 17.5 Å². The molecule has 0 unspecified atom stereocenters. The number of halogens is 1. The van der Waals surface area contributed by atoms with Crippen molar-refractivity contribution in [1.29, 1.82) is 0 Å². The van der Waals surface area contributed by atoms with E-state index in [2.05, 4.69) is 4.72 Å². The number of hydrogen-bond donors (Lipinski definition) is 2. The lowest BCUT2D eigenvalue weighted by Gasteiger charge is -2.10. The Hall–Kier alpha value is -1.28. The van der Waals surface area contributed by atoms with Crippen LogP contribution in [0.15, 0.2) is 40.6 Å². The van der Waals surface area contributed by atoms with Crippen molar-refractivity contribution in [3.05, 3.63) is 52.0 Å².